The number of benzene rings is 1. The smallest absolute Gasteiger partial charge is 0.242 e. The molecule has 1 aromatic carbocycles. The van der Waals surface area contributed by atoms with E-state index in [-0.39, 0.29) is 11.9 Å². The van der Waals surface area contributed by atoms with Crippen molar-refractivity contribution in [2.45, 2.75) is 43.9 Å². The first-order valence-corrected chi connectivity index (χ1v) is 8.47. The molecule has 2 N–H and O–H groups in total. The lowest BCUT2D eigenvalue weighted by Crippen LogP contribution is -2.59. The minimum Gasteiger partial charge on any atom is -0.388 e. The van der Waals surface area contributed by atoms with Gasteiger partial charge in [0.15, 0.2) is 0 Å². The summed E-state index contributed by atoms with van der Waals surface area (Å²) in [4.78, 5) is 14.9. The van der Waals surface area contributed by atoms with E-state index < -0.39 is 11.6 Å². The standard InChI is InChI=1S/C18H26N2O3/c1-18(8-5-9-19-18)17(22)20-10-11-23-13-15(20)12-16(21)14-6-3-2-4-7-14/h2-4,6-7,15-16,19,21H,5,8-13H2,1H3. The van der Waals surface area contributed by atoms with E-state index in [9.17, 15) is 9.90 Å². The number of carbonyl (C=O) groups excluding carboxylic acids is 1. The van der Waals surface area contributed by atoms with Crippen molar-refractivity contribution in [2.75, 3.05) is 26.3 Å². The van der Waals surface area contributed by atoms with E-state index in [4.69, 9.17) is 4.74 Å². The summed E-state index contributed by atoms with van der Waals surface area (Å²) in [5.41, 5.74) is 0.420. The van der Waals surface area contributed by atoms with Crippen molar-refractivity contribution in [1.29, 1.82) is 0 Å². The first-order chi connectivity index (χ1) is 11.1. The van der Waals surface area contributed by atoms with Crippen LogP contribution in [0.15, 0.2) is 30.3 Å². The molecule has 0 spiro atoms. The average molecular weight is 318 g/mol. The second-order valence-electron chi connectivity index (χ2n) is 6.75. The van der Waals surface area contributed by atoms with Crippen LogP contribution in [-0.4, -0.2) is 53.8 Å². The minimum atomic E-state index is -0.581. The van der Waals surface area contributed by atoms with Gasteiger partial charge in [0.1, 0.15) is 0 Å². The van der Waals surface area contributed by atoms with E-state index in [0.717, 1.165) is 24.9 Å². The molecule has 0 radical (unpaired) electrons. The molecule has 5 nitrogen and oxygen atoms in total. The number of nitrogens with zero attached hydrogens (tertiary/aromatic N) is 1. The van der Waals surface area contributed by atoms with Gasteiger partial charge in [0.05, 0.1) is 30.9 Å². The Morgan fingerprint density at radius 2 is 2.26 bits per heavy atom. The van der Waals surface area contributed by atoms with Gasteiger partial charge in [-0.2, -0.15) is 0 Å². The third kappa shape index (κ3) is 3.57. The molecule has 3 atom stereocenters. The summed E-state index contributed by atoms with van der Waals surface area (Å²) < 4.78 is 5.57. The Labute approximate surface area is 137 Å². The monoisotopic (exact) mass is 318 g/mol. The molecular weight excluding hydrogens is 292 g/mol. The number of aliphatic hydroxyl groups is 1. The number of aliphatic hydroxyl groups excluding tert-OH is 1. The third-order valence-electron chi connectivity index (χ3n) is 5.01. The van der Waals surface area contributed by atoms with Crippen LogP contribution in [-0.2, 0) is 9.53 Å². The van der Waals surface area contributed by atoms with E-state index in [1.54, 1.807) is 0 Å². The molecular formula is C18H26N2O3. The van der Waals surface area contributed by atoms with Crippen molar-refractivity contribution in [3.8, 4) is 0 Å². The van der Waals surface area contributed by atoms with Gasteiger partial charge in [-0.15, -0.1) is 0 Å². The van der Waals surface area contributed by atoms with Crippen LogP contribution >= 0.6 is 0 Å². The summed E-state index contributed by atoms with van der Waals surface area (Å²) in [6.45, 7) is 4.54. The number of carbonyl (C=O) groups is 1. The molecule has 2 saturated heterocycles. The highest BCUT2D eigenvalue weighted by molar-refractivity contribution is 5.86. The zero-order valence-electron chi connectivity index (χ0n) is 13.7. The normalized spacial score (nSPS) is 29.5. The number of hydrogen-bond donors (Lipinski definition) is 2. The van der Waals surface area contributed by atoms with Gasteiger partial charge in [-0.05, 0) is 31.9 Å². The lowest BCUT2D eigenvalue weighted by Gasteiger charge is -2.40. The van der Waals surface area contributed by atoms with E-state index in [1.165, 1.54) is 0 Å². The first-order valence-electron chi connectivity index (χ1n) is 8.47. The van der Waals surface area contributed by atoms with Gasteiger partial charge in [-0.25, -0.2) is 0 Å². The Hall–Kier alpha value is -1.43. The van der Waals surface area contributed by atoms with Crippen molar-refractivity contribution in [3.05, 3.63) is 35.9 Å². The fraction of sp³-hybridized carbons (Fsp3) is 0.611. The number of hydrogen-bond acceptors (Lipinski definition) is 4. The van der Waals surface area contributed by atoms with Gasteiger partial charge < -0.3 is 20.1 Å². The minimum absolute atomic E-state index is 0.0781. The molecule has 2 aliphatic heterocycles. The Balaban J connectivity index is 1.70. The van der Waals surface area contributed by atoms with Crippen LogP contribution < -0.4 is 5.32 Å². The van der Waals surface area contributed by atoms with Gasteiger partial charge in [0.2, 0.25) is 5.91 Å². The highest BCUT2D eigenvalue weighted by Gasteiger charge is 2.42. The molecule has 2 fully saturated rings. The fourth-order valence-electron chi connectivity index (χ4n) is 3.58. The molecule has 3 rings (SSSR count). The lowest BCUT2D eigenvalue weighted by molar-refractivity contribution is -0.147. The Bertz CT molecular complexity index is 528. The number of nitrogens with one attached hydrogen (secondary N) is 1. The predicted octanol–water partition coefficient (Wildman–Crippen LogP) is 1.48. The van der Waals surface area contributed by atoms with Crippen LogP contribution in [0.4, 0.5) is 0 Å². The van der Waals surface area contributed by atoms with Gasteiger partial charge in [-0.3, -0.25) is 4.79 Å². The zero-order valence-corrected chi connectivity index (χ0v) is 13.7. The SMILES string of the molecule is CC1(C(=O)N2CCOCC2CC(O)c2ccccc2)CCCN1. The van der Waals surface area contributed by atoms with E-state index in [0.29, 0.717) is 26.2 Å². The second-order valence-corrected chi connectivity index (χ2v) is 6.75. The number of ether oxygens (including phenoxy) is 1. The largest absolute Gasteiger partial charge is 0.388 e. The van der Waals surface area contributed by atoms with Gasteiger partial charge in [-0.1, -0.05) is 30.3 Å². The fourth-order valence-corrected chi connectivity index (χ4v) is 3.58. The highest BCUT2D eigenvalue weighted by atomic mass is 16.5. The maximum atomic E-state index is 13.0. The molecule has 0 aliphatic carbocycles. The van der Waals surface area contributed by atoms with Gasteiger partial charge in [0, 0.05) is 13.0 Å². The van der Waals surface area contributed by atoms with Crippen LogP contribution in [0.2, 0.25) is 0 Å². The van der Waals surface area contributed by atoms with Crippen molar-refractivity contribution in [3.63, 3.8) is 0 Å². The molecule has 0 bridgehead atoms. The molecule has 3 unspecified atom stereocenters. The third-order valence-corrected chi connectivity index (χ3v) is 5.01. The summed E-state index contributed by atoms with van der Waals surface area (Å²) >= 11 is 0. The van der Waals surface area contributed by atoms with Crippen LogP contribution in [0.25, 0.3) is 0 Å². The van der Waals surface area contributed by atoms with Gasteiger partial charge in [0.25, 0.3) is 0 Å². The molecule has 23 heavy (non-hydrogen) atoms. The Morgan fingerprint density at radius 1 is 1.48 bits per heavy atom. The summed E-state index contributed by atoms with van der Waals surface area (Å²) in [5, 5.41) is 13.8. The van der Waals surface area contributed by atoms with Crippen molar-refractivity contribution < 1.29 is 14.6 Å². The molecule has 0 saturated carbocycles. The van der Waals surface area contributed by atoms with Crippen LogP contribution in [0.3, 0.4) is 0 Å². The van der Waals surface area contributed by atoms with Gasteiger partial charge >= 0.3 is 0 Å². The summed E-state index contributed by atoms with van der Waals surface area (Å²) in [5.74, 6) is 0.142. The predicted molar refractivity (Wildman–Crippen MR) is 88.0 cm³/mol. The van der Waals surface area contributed by atoms with Crippen LogP contribution in [0.5, 0.6) is 0 Å². The van der Waals surface area contributed by atoms with Crippen molar-refractivity contribution in [2.24, 2.45) is 0 Å². The van der Waals surface area contributed by atoms with E-state index in [2.05, 4.69) is 5.32 Å². The van der Waals surface area contributed by atoms with Crippen molar-refractivity contribution in [1.82, 2.24) is 10.2 Å². The molecule has 5 heteroatoms. The molecule has 2 aliphatic rings. The zero-order chi connectivity index (χ0) is 16.3. The Kier molecular flexibility index (Phi) is 4.99. The van der Waals surface area contributed by atoms with E-state index in [1.807, 2.05) is 42.2 Å². The number of rotatable bonds is 4. The number of amides is 1. The quantitative estimate of drug-likeness (QED) is 0.883. The Morgan fingerprint density at radius 3 is 2.96 bits per heavy atom. The van der Waals surface area contributed by atoms with E-state index >= 15 is 0 Å². The topological polar surface area (TPSA) is 61.8 Å². The second kappa shape index (κ2) is 6.99. The maximum absolute atomic E-state index is 13.0. The first kappa shape index (κ1) is 16.4. The average Bonchev–Trinajstić information content (AvgIpc) is 3.03. The molecule has 1 aromatic rings. The summed E-state index contributed by atoms with van der Waals surface area (Å²) in [6.07, 6.45) is 1.83. The van der Waals surface area contributed by atoms with Crippen LogP contribution in [0, 0.1) is 0 Å². The summed E-state index contributed by atoms with van der Waals surface area (Å²) in [7, 11) is 0. The molecule has 0 aromatic heterocycles. The highest BCUT2D eigenvalue weighted by Crippen LogP contribution is 2.27. The number of morpholine rings is 1. The molecule has 2 heterocycles. The lowest BCUT2D eigenvalue weighted by atomic mass is 9.95. The maximum Gasteiger partial charge on any atom is 0.242 e. The van der Waals surface area contributed by atoms with Crippen LogP contribution in [0.1, 0.15) is 37.9 Å². The molecule has 126 valence electrons. The summed E-state index contributed by atoms with van der Waals surface area (Å²) in [6, 6.07) is 9.53. The van der Waals surface area contributed by atoms with Crippen molar-refractivity contribution >= 4 is 5.91 Å². The molecule has 1 amide bonds.